The number of benzene rings is 1. The van der Waals surface area contributed by atoms with E-state index in [-0.39, 0.29) is 19.2 Å². The Kier molecular flexibility index (Phi) is 5.57. The molecule has 1 fully saturated rings. The molecule has 1 aromatic carbocycles. The van der Waals surface area contributed by atoms with Crippen LogP contribution in [0.2, 0.25) is 0 Å². The minimum Gasteiger partial charge on any atom is -0.480 e. The van der Waals surface area contributed by atoms with Crippen molar-refractivity contribution >= 4 is 12.1 Å². The second-order valence-electron chi connectivity index (χ2n) is 5.10. The number of carboxylic acid groups (broad SMARTS) is 1. The Hall–Kier alpha value is -2.08. The summed E-state index contributed by atoms with van der Waals surface area (Å²) in [6, 6.07) is 9.53. The zero-order chi connectivity index (χ0) is 15.1. The van der Waals surface area contributed by atoms with Gasteiger partial charge in [0.05, 0.1) is 6.54 Å². The van der Waals surface area contributed by atoms with Gasteiger partial charge in [0.25, 0.3) is 0 Å². The standard InChI is InChI=1S/C15H20N2O4/c18-14(19)10-17-8-4-7-13(17)9-16-15(20)21-11-12-5-2-1-3-6-12/h1-3,5-6,13H,4,7-11H2,(H,16,20)(H,18,19). The highest BCUT2D eigenvalue weighted by molar-refractivity contribution is 5.69. The number of alkyl carbamates (subject to hydrolysis) is 1. The lowest BCUT2D eigenvalue weighted by molar-refractivity contribution is -0.138. The number of rotatable bonds is 6. The van der Waals surface area contributed by atoms with Crippen LogP contribution in [-0.4, -0.2) is 47.7 Å². The summed E-state index contributed by atoms with van der Waals surface area (Å²) in [4.78, 5) is 24.3. The van der Waals surface area contributed by atoms with Gasteiger partial charge in [-0.05, 0) is 24.9 Å². The number of ether oxygens (including phenoxy) is 1. The van der Waals surface area contributed by atoms with Crippen LogP contribution in [0.3, 0.4) is 0 Å². The molecule has 1 unspecified atom stereocenters. The maximum atomic E-state index is 11.6. The number of hydrogen-bond donors (Lipinski definition) is 2. The Bertz CT molecular complexity index is 478. The van der Waals surface area contributed by atoms with Gasteiger partial charge in [0.1, 0.15) is 6.61 Å². The third kappa shape index (κ3) is 5.07. The largest absolute Gasteiger partial charge is 0.480 e. The third-order valence-electron chi connectivity index (χ3n) is 3.53. The molecule has 1 aliphatic heterocycles. The summed E-state index contributed by atoms with van der Waals surface area (Å²) < 4.78 is 5.12. The number of aliphatic carboxylic acids is 1. The number of hydrogen-bond acceptors (Lipinski definition) is 4. The van der Waals surface area contributed by atoms with E-state index in [1.807, 2.05) is 35.2 Å². The number of nitrogens with zero attached hydrogens (tertiary/aromatic N) is 1. The van der Waals surface area contributed by atoms with Gasteiger partial charge in [-0.25, -0.2) is 4.79 Å². The first-order valence-electron chi connectivity index (χ1n) is 7.05. The molecule has 0 aliphatic carbocycles. The maximum Gasteiger partial charge on any atom is 0.407 e. The van der Waals surface area contributed by atoms with Crippen LogP contribution in [0.1, 0.15) is 18.4 Å². The Balaban J connectivity index is 1.70. The third-order valence-corrected chi connectivity index (χ3v) is 3.53. The van der Waals surface area contributed by atoms with Crippen LogP contribution < -0.4 is 5.32 Å². The van der Waals surface area contributed by atoms with E-state index in [1.54, 1.807) is 0 Å². The lowest BCUT2D eigenvalue weighted by Crippen LogP contribution is -2.42. The van der Waals surface area contributed by atoms with Crippen molar-refractivity contribution < 1.29 is 19.4 Å². The fourth-order valence-corrected chi connectivity index (χ4v) is 2.48. The monoisotopic (exact) mass is 292 g/mol. The first-order valence-corrected chi connectivity index (χ1v) is 7.05. The van der Waals surface area contributed by atoms with Gasteiger partial charge >= 0.3 is 12.1 Å². The maximum absolute atomic E-state index is 11.6. The Morgan fingerprint density at radius 3 is 2.81 bits per heavy atom. The van der Waals surface area contributed by atoms with Crippen LogP contribution in [0.15, 0.2) is 30.3 Å². The van der Waals surface area contributed by atoms with Gasteiger partial charge in [-0.2, -0.15) is 0 Å². The predicted octanol–water partition coefficient (Wildman–Crippen LogP) is 1.46. The number of carbonyl (C=O) groups excluding carboxylic acids is 1. The predicted molar refractivity (Wildman–Crippen MR) is 76.9 cm³/mol. The molecule has 1 aliphatic rings. The molecule has 6 nitrogen and oxygen atoms in total. The van der Waals surface area contributed by atoms with E-state index in [0.717, 1.165) is 24.9 Å². The summed E-state index contributed by atoms with van der Waals surface area (Å²) in [5.41, 5.74) is 0.932. The summed E-state index contributed by atoms with van der Waals surface area (Å²) in [5.74, 6) is -0.839. The van der Waals surface area contributed by atoms with Crippen molar-refractivity contribution in [3.63, 3.8) is 0 Å². The van der Waals surface area contributed by atoms with Crippen LogP contribution in [0.4, 0.5) is 4.79 Å². The fourth-order valence-electron chi connectivity index (χ4n) is 2.48. The molecule has 21 heavy (non-hydrogen) atoms. The van der Waals surface area contributed by atoms with Crippen LogP contribution in [0, 0.1) is 0 Å². The van der Waals surface area contributed by atoms with Crippen LogP contribution >= 0.6 is 0 Å². The highest BCUT2D eigenvalue weighted by Crippen LogP contribution is 2.15. The van der Waals surface area contributed by atoms with Crippen molar-refractivity contribution in [1.29, 1.82) is 0 Å². The Morgan fingerprint density at radius 1 is 1.33 bits per heavy atom. The molecule has 1 amide bonds. The molecule has 2 N–H and O–H groups in total. The van der Waals surface area contributed by atoms with E-state index < -0.39 is 12.1 Å². The quantitative estimate of drug-likeness (QED) is 0.830. The molecule has 0 aromatic heterocycles. The summed E-state index contributed by atoms with van der Waals surface area (Å²) in [5, 5.41) is 11.5. The highest BCUT2D eigenvalue weighted by atomic mass is 16.5. The lowest BCUT2D eigenvalue weighted by Gasteiger charge is -2.22. The summed E-state index contributed by atoms with van der Waals surface area (Å²) >= 11 is 0. The molecule has 114 valence electrons. The van der Waals surface area contributed by atoms with E-state index in [1.165, 1.54) is 0 Å². The second-order valence-corrected chi connectivity index (χ2v) is 5.10. The van der Waals surface area contributed by atoms with Gasteiger partial charge < -0.3 is 15.2 Å². The summed E-state index contributed by atoms with van der Waals surface area (Å²) in [6.07, 6.45) is 1.38. The van der Waals surface area contributed by atoms with E-state index in [0.29, 0.717) is 6.54 Å². The molecular formula is C15H20N2O4. The summed E-state index contributed by atoms with van der Waals surface area (Å²) in [6.45, 7) is 1.43. The number of nitrogens with one attached hydrogen (secondary N) is 1. The number of amides is 1. The highest BCUT2D eigenvalue weighted by Gasteiger charge is 2.26. The van der Waals surface area contributed by atoms with Gasteiger partial charge in [-0.15, -0.1) is 0 Å². The number of likely N-dealkylation sites (tertiary alicyclic amines) is 1. The van der Waals surface area contributed by atoms with Gasteiger partial charge in [0.15, 0.2) is 0 Å². The minimum absolute atomic E-state index is 0.0193. The average Bonchev–Trinajstić information content (AvgIpc) is 2.90. The van der Waals surface area contributed by atoms with E-state index >= 15 is 0 Å². The Labute approximate surface area is 123 Å². The van der Waals surface area contributed by atoms with E-state index in [4.69, 9.17) is 9.84 Å². The van der Waals surface area contributed by atoms with Gasteiger partial charge in [-0.1, -0.05) is 30.3 Å². The minimum atomic E-state index is -0.839. The number of carboxylic acids is 1. The molecular weight excluding hydrogens is 272 g/mol. The van der Waals surface area contributed by atoms with Crippen molar-refractivity contribution in [1.82, 2.24) is 10.2 Å². The molecule has 0 spiro atoms. The van der Waals surface area contributed by atoms with E-state index in [9.17, 15) is 9.59 Å². The molecule has 1 heterocycles. The molecule has 0 saturated carbocycles. The van der Waals surface area contributed by atoms with Crippen molar-refractivity contribution in [2.45, 2.75) is 25.5 Å². The molecule has 1 atom stereocenters. The molecule has 0 bridgehead atoms. The van der Waals surface area contributed by atoms with Crippen molar-refractivity contribution in [2.75, 3.05) is 19.6 Å². The normalized spacial score (nSPS) is 18.4. The van der Waals surface area contributed by atoms with Crippen LogP contribution in [-0.2, 0) is 16.1 Å². The zero-order valence-electron chi connectivity index (χ0n) is 11.8. The van der Waals surface area contributed by atoms with Crippen molar-refractivity contribution in [3.05, 3.63) is 35.9 Å². The van der Waals surface area contributed by atoms with Crippen LogP contribution in [0.25, 0.3) is 0 Å². The van der Waals surface area contributed by atoms with Crippen LogP contribution in [0.5, 0.6) is 0 Å². The average molecular weight is 292 g/mol. The zero-order valence-corrected chi connectivity index (χ0v) is 11.8. The van der Waals surface area contributed by atoms with Gasteiger partial charge in [0, 0.05) is 12.6 Å². The van der Waals surface area contributed by atoms with Gasteiger partial charge in [-0.3, -0.25) is 9.69 Å². The molecule has 6 heteroatoms. The van der Waals surface area contributed by atoms with Gasteiger partial charge in [0.2, 0.25) is 0 Å². The fraction of sp³-hybridized carbons (Fsp3) is 0.467. The van der Waals surface area contributed by atoms with Crippen molar-refractivity contribution in [2.24, 2.45) is 0 Å². The second kappa shape index (κ2) is 7.64. The number of carbonyl (C=O) groups is 2. The first-order chi connectivity index (χ1) is 10.1. The molecule has 0 radical (unpaired) electrons. The molecule has 2 rings (SSSR count). The lowest BCUT2D eigenvalue weighted by atomic mass is 10.2. The SMILES string of the molecule is O=C(O)CN1CCCC1CNC(=O)OCc1ccccc1. The molecule has 1 saturated heterocycles. The molecule has 1 aromatic rings. The first kappa shape index (κ1) is 15.3. The smallest absolute Gasteiger partial charge is 0.407 e. The van der Waals surface area contributed by atoms with Crippen molar-refractivity contribution in [3.8, 4) is 0 Å². The summed E-state index contributed by atoms with van der Waals surface area (Å²) in [7, 11) is 0. The Morgan fingerprint density at radius 2 is 2.10 bits per heavy atom. The topological polar surface area (TPSA) is 78.9 Å². The van der Waals surface area contributed by atoms with E-state index in [2.05, 4.69) is 5.32 Å².